The van der Waals surface area contributed by atoms with Crippen LogP contribution >= 0.6 is 0 Å². The van der Waals surface area contributed by atoms with Crippen LogP contribution in [0.15, 0.2) is 54.6 Å². The predicted octanol–water partition coefficient (Wildman–Crippen LogP) is 6.26. The first-order valence-electron chi connectivity index (χ1n) is 21.1. The highest BCUT2D eigenvalue weighted by Gasteiger charge is 2.67. The lowest BCUT2D eigenvalue weighted by molar-refractivity contribution is -0.143. The Labute approximate surface area is 352 Å². The van der Waals surface area contributed by atoms with Gasteiger partial charge >= 0.3 is 6.09 Å². The van der Waals surface area contributed by atoms with E-state index in [-0.39, 0.29) is 24.8 Å². The number of benzene rings is 2. The van der Waals surface area contributed by atoms with E-state index in [1.54, 1.807) is 33.9 Å². The van der Waals surface area contributed by atoms with Gasteiger partial charge in [-0.1, -0.05) is 64.4 Å². The Bertz CT molecular complexity index is 2260. The van der Waals surface area contributed by atoms with E-state index in [0.717, 1.165) is 18.4 Å². The molecule has 3 saturated carbocycles. The smallest absolute Gasteiger partial charge is 0.408 e. The van der Waals surface area contributed by atoms with E-state index in [9.17, 15) is 27.6 Å². The zero-order chi connectivity index (χ0) is 43.4. The lowest BCUT2D eigenvalue weighted by atomic mass is 9.85. The van der Waals surface area contributed by atoms with E-state index in [1.807, 2.05) is 76.2 Å². The number of hydrogen-bond acceptors (Lipinski definition) is 10. The number of carbonyl (C=O) groups excluding carboxylic acids is 4. The van der Waals surface area contributed by atoms with E-state index in [1.165, 1.54) is 4.90 Å². The second kappa shape index (κ2) is 15.8. The van der Waals surface area contributed by atoms with Gasteiger partial charge in [-0.2, -0.15) is 0 Å². The number of likely N-dealkylation sites (tertiary alicyclic amines) is 1. The number of aromatic nitrogens is 1. The summed E-state index contributed by atoms with van der Waals surface area (Å²) >= 11 is 0. The third-order valence-corrected chi connectivity index (χ3v) is 14.4. The predicted molar refractivity (Wildman–Crippen MR) is 227 cm³/mol. The Balaban J connectivity index is 1.22. The molecule has 3 aromatic rings. The minimum Gasteiger partial charge on any atom is -0.497 e. The number of hydrogen-bond donors (Lipinski definition) is 3. The van der Waals surface area contributed by atoms with Crippen molar-refractivity contribution in [3.63, 3.8) is 0 Å². The van der Waals surface area contributed by atoms with E-state index in [2.05, 4.69) is 15.4 Å². The average Bonchev–Trinajstić information content (AvgIpc) is 4.09. The summed E-state index contributed by atoms with van der Waals surface area (Å²) in [7, 11) is -2.43. The fraction of sp³-hybridized carbons (Fsp3) is 0.578. The molecular weight excluding hydrogens is 787 g/mol. The highest BCUT2D eigenvalue weighted by Crippen LogP contribution is 2.58. The molecule has 1 aromatic heterocycles. The number of carbonyl (C=O) groups is 4. The van der Waals surface area contributed by atoms with Crippen LogP contribution in [0.4, 0.5) is 4.79 Å². The van der Waals surface area contributed by atoms with Crippen LogP contribution in [0.1, 0.15) is 99.8 Å². The summed E-state index contributed by atoms with van der Waals surface area (Å²) in [6, 6.07) is 14.7. The molecular formula is C45H59N5O9S. The van der Waals surface area contributed by atoms with Crippen molar-refractivity contribution in [1.29, 1.82) is 0 Å². The van der Waals surface area contributed by atoms with Crippen LogP contribution in [0.5, 0.6) is 11.5 Å². The minimum absolute atomic E-state index is 0.0285. The maximum absolute atomic E-state index is 14.8. The Morgan fingerprint density at radius 3 is 2.28 bits per heavy atom. The molecule has 3 N–H and O–H groups in total. The molecule has 1 saturated heterocycles. The van der Waals surface area contributed by atoms with Gasteiger partial charge in [-0.3, -0.25) is 19.1 Å². The zero-order valence-electron chi connectivity index (χ0n) is 35.9. The summed E-state index contributed by atoms with van der Waals surface area (Å²) in [6.07, 6.45) is 2.68. The fourth-order valence-corrected chi connectivity index (χ4v) is 10.4. The van der Waals surface area contributed by atoms with Crippen LogP contribution in [0.2, 0.25) is 0 Å². The molecule has 0 radical (unpaired) electrons. The van der Waals surface area contributed by atoms with Gasteiger partial charge in [0, 0.05) is 29.5 Å². The Hall–Kier alpha value is -4.92. The summed E-state index contributed by atoms with van der Waals surface area (Å²) in [5.74, 6) is -0.814. The van der Waals surface area contributed by atoms with Crippen LogP contribution in [-0.2, 0) is 29.1 Å². The lowest BCUT2D eigenvalue weighted by Crippen LogP contribution is -2.60. The van der Waals surface area contributed by atoms with Crippen molar-refractivity contribution in [3.8, 4) is 22.8 Å². The van der Waals surface area contributed by atoms with Gasteiger partial charge in [0.2, 0.25) is 21.8 Å². The summed E-state index contributed by atoms with van der Waals surface area (Å²) in [4.78, 5) is 63.2. The van der Waals surface area contributed by atoms with Crippen molar-refractivity contribution >= 4 is 44.7 Å². The van der Waals surface area contributed by atoms with Crippen molar-refractivity contribution in [3.05, 3.63) is 54.6 Å². The number of rotatable bonds is 14. The first kappa shape index (κ1) is 43.2. The summed E-state index contributed by atoms with van der Waals surface area (Å²) in [5, 5.41) is 6.46. The molecule has 1 unspecified atom stereocenters. The van der Waals surface area contributed by atoms with Gasteiger partial charge in [-0.15, -0.1) is 0 Å². The molecule has 4 fully saturated rings. The number of nitrogens with one attached hydrogen (secondary N) is 3. The molecule has 1 aliphatic heterocycles. The van der Waals surface area contributed by atoms with Crippen LogP contribution in [0, 0.1) is 17.3 Å². The molecule has 5 atom stereocenters. The van der Waals surface area contributed by atoms with E-state index in [0.29, 0.717) is 60.2 Å². The standard InChI is InChI=1S/C45H59N5O9S/c1-9-19-44(20-21-44)60(55,56)49-40(53)45(25-32(45)27-15-16-27)48-38(51)35-23-30(26-50(35)39(52)37(42(2,3)4)47-41(54)59-43(5,6)7)58-36-24-33(28-13-11-10-12-14-28)46-34-22-29(57-8)17-18-31(34)36/h10-14,17-18,22,24,27,30,32,35,37H,9,15-16,19-21,23,25-26H2,1-8H3,(H,47,54)(H,48,51)(H,49,53)/t30-,32?,35+,37-,45+/m1/s1. The van der Waals surface area contributed by atoms with Crippen molar-refractivity contribution in [1.82, 2.24) is 25.2 Å². The van der Waals surface area contributed by atoms with Gasteiger partial charge in [0.15, 0.2) is 0 Å². The number of sulfonamides is 1. The minimum atomic E-state index is -4.00. The molecule has 15 heteroatoms. The van der Waals surface area contributed by atoms with Crippen molar-refractivity contribution in [2.45, 2.75) is 134 Å². The maximum Gasteiger partial charge on any atom is 0.408 e. The van der Waals surface area contributed by atoms with Crippen LogP contribution in [0.25, 0.3) is 22.2 Å². The number of fused-ring (bicyclic) bond motifs is 1. The largest absolute Gasteiger partial charge is 0.497 e. The Morgan fingerprint density at radius 1 is 0.983 bits per heavy atom. The SMILES string of the molecule is CCCC1(S(=O)(=O)NC(=O)[C@]2(NC(=O)[C@@H]3C[C@@H](Oc4cc(-c5ccccc5)nc5cc(OC)ccc45)CN3C(=O)[C@@H](NC(=O)OC(C)(C)C)C(C)(C)C)CC2C2CC2)CC1. The molecule has 2 heterocycles. The number of alkyl carbamates (subject to hydrolysis) is 1. The van der Waals surface area contributed by atoms with Crippen molar-refractivity contribution in [2.24, 2.45) is 17.3 Å². The highest BCUT2D eigenvalue weighted by atomic mass is 32.2. The topological polar surface area (TPSA) is 182 Å². The molecule has 7 rings (SSSR count). The molecule has 4 aliphatic rings. The summed E-state index contributed by atoms with van der Waals surface area (Å²) in [6.45, 7) is 12.5. The highest BCUT2D eigenvalue weighted by molar-refractivity contribution is 7.91. The second-order valence-electron chi connectivity index (χ2n) is 19.2. The molecule has 0 bridgehead atoms. The van der Waals surface area contributed by atoms with Gasteiger partial charge in [-0.25, -0.2) is 18.2 Å². The van der Waals surface area contributed by atoms with Gasteiger partial charge in [0.05, 0.1) is 29.6 Å². The third-order valence-electron chi connectivity index (χ3n) is 12.2. The fourth-order valence-electron chi connectivity index (χ4n) is 8.64. The lowest BCUT2D eigenvalue weighted by Gasteiger charge is -2.36. The average molecular weight is 846 g/mol. The van der Waals surface area contributed by atoms with Crippen LogP contribution in [0.3, 0.4) is 0 Å². The number of methoxy groups -OCH3 is 1. The van der Waals surface area contributed by atoms with Gasteiger partial charge < -0.3 is 29.7 Å². The Kier molecular flexibility index (Phi) is 11.4. The normalized spacial score (nSPS) is 23.9. The van der Waals surface area contributed by atoms with E-state index >= 15 is 0 Å². The zero-order valence-corrected chi connectivity index (χ0v) is 36.7. The van der Waals surface area contributed by atoms with Crippen LogP contribution in [-0.4, -0.2) is 89.8 Å². The summed E-state index contributed by atoms with van der Waals surface area (Å²) in [5.41, 5.74) is -0.966. The first-order chi connectivity index (χ1) is 28.2. The second-order valence-corrected chi connectivity index (χ2v) is 21.2. The molecule has 14 nitrogen and oxygen atoms in total. The van der Waals surface area contributed by atoms with E-state index < -0.39 is 73.3 Å². The van der Waals surface area contributed by atoms with E-state index in [4.69, 9.17) is 19.2 Å². The molecule has 4 amide bonds. The molecule has 3 aliphatic carbocycles. The van der Waals surface area contributed by atoms with Crippen LogP contribution < -0.4 is 24.8 Å². The first-order valence-corrected chi connectivity index (χ1v) is 22.6. The van der Waals surface area contributed by atoms with Gasteiger partial charge in [0.1, 0.15) is 40.8 Å². The molecule has 0 spiro atoms. The molecule has 60 heavy (non-hydrogen) atoms. The number of nitrogens with zero attached hydrogens (tertiary/aromatic N) is 2. The molecule has 324 valence electrons. The molecule has 2 aromatic carbocycles. The van der Waals surface area contributed by atoms with Crippen molar-refractivity contribution in [2.75, 3.05) is 13.7 Å². The van der Waals surface area contributed by atoms with Gasteiger partial charge in [0.25, 0.3) is 5.91 Å². The Morgan fingerprint density at radius 2 is 1.68 bits per heavy atom. The number of pyridine rings is 1. The quantitative estimate of drug-likeness (QED) is 0.168. The van der Waals surface area contributed by atoms with Crippen molar-refractivity contribution < 1.29 is 41.8 Å². The monoisotopic (exact) mass is 845 g/mol. The third kappa shape index (κ3) is 8.91. The summed E-state index contributed by atoms with van der Waals surface area (Å²) < 4.78 is 46.4. The number of ether oxygens (including phenoxy) is 3. The van der Waals surface area contributed by atoms with Gasteiger partial charge in [-0.05, 0) is 88.7 Å². The number of amides is 4. The maximum atomic E-state index is 14.8.